The van der Waals surface area contributed by atoms with Crippen LogP contribution >= 0.6 is 27.3 Å². The van der Waals surface area contributed by atoms with E-state index in [4.69, 9.17) is 4.74 Å². The number of ketones is 1. The van der Waals surface area contributed by atoms with Gasteiger partial charge in [0.2, 0.25) is 5.78 Å². The number of benzene rings is 1. The van der Waals surface area contributed by atoms with Gasteiger partial charge in [0.25, 0.3) is 5.69 Å². The van der Waals surface area contributed by atoms with Gasteiger partial charge in [0.1, 0.15) is 5.75 Å². The Kier molecular flexibility index (Phi) is 4.74. The Morgan fingerprint density at radius 3 is 2.67 bits per heavy atom. The van der Waals surface area contributed by atoms with Crippen LogP contribution in [0.15, 0.2) is 28.7 Å². The average Bonchev–Trinajstić information content (AvgIpc) is 2.76. The molecule has 0 saturated heterocycles. The number of nitrogens with zero attached hydrogens (tertiary/aromatic N) is 1. The van der Waals surface area contributed by atoms with Crippen molar-refractivity contribution in [2.75, 3.05) is 6.61 Å². The van der Waals surface area contributed by atoms with Crippen LogP contribution in [0.5, 0.6) is 5.75 Å². The van der Waals surface area contributed by atoms with E-state index in [1.165, 1.54) is 18.2 Å². The summed E-state index contributed by atoms with van der Waals surface area (Å²) in [6, 6.07) is 6.01. The molecule has 7 heteroatoms. The largest absolute Gasteiger partial charge is 0.484 e. The molecule has 0 aliphatic heterocycles. The molecule has 110 valence electrons. The van der Waals surface area contributed by atoms with Crippen LogP contribution in [0.2, 0.25) is 0 Å². The van der Waals surface area contributed by atoms with Crippen LogP contribution in [0.1, 0.15) is 20.1 Å². The molecule has 2 aromatic rings. The number of rotatable bonds is 5. The Morgan fingerprint density at radius 1 is 1.38 bits per heavy atom. The van der Waals surface area contributed by atoms with Gasteiger partial charge in [-0.2, -0.15) is 0 Å². The molecule has 0 aliphatic rings. The first-order chi connectivity index (χ1) is 9.88. The van der Waals surface area contributed by atoms with Crippen molar-refractivity contribution in [3.8, 4) is 5.75 Å². The maximum Gasteiger partial charge on any atom is 0.273 e. The number of nitro benzene ring substituents is 1. The van der Waals surface area contributed by atoms with Gasteiger partial charge in [-0.05, 0) is 41.9 Å². The van der Waals surface area contributed by atoms with E-state index >= 15 is 0 Å². The Morgan fingerprint density at radius 2 is 2.10 bits per heavy atom. The van der Waals surface area contributed by atoms with Gasteiger partial charge in [-0.3, -0.25) is 14.9 Å². The van der Waals surface area contributed by atoms with Gasteiger partial charge in [0.15, 0.2) is 6.61 Å². The van der Waals surface area contributed by atoms with E-state index in [1.54, 1.807) is 11.3 Å². The molecule has 0 fully saturated rings. The van der Waals surface area contributed by atoms with Crippen LogP contribution < -0.4 is 4.74 Å². The van der Waals surface area contributed by atoms with E-state index in [1.807, 2.05) is 19.9 Å². The van der Waals surface area contributed by atoms with Crippen molar-refractivity contribution in [3.05, 3.63) is 54.2 Å². The Labute approximate surface area is 133 Å². The molecule has 1 aromatic carbocycles. The van der Waals surface area contributed by atoms with Gasteiger partial charge in [0.05, 0.1) is 15.5 Å². The molecule has 0 aliphatic carbocycles. The summed E-state index contributed by atoms with van der Waals surface area (Å²) in [6.45, 7) is 3.66. The first-order valence-corrected chi connectivity index (χ1v) is 7.66. The topological polar surface area (TPSA) is 69.4 Å². The molecule has 2 rings (SSSR count). The quantitative estimate of drug-likeness (QED) is 0.447. The van der Waals surface area contributed by atoms with E-state index in [9.17, 15) is 14.9 Å². The number of hydrogen-bond donors (Lipinski definition) is 0. The first-order valence-electron chi connectivity index (χ1n) is 6.05. The molecule has 0 saturated carbocycles. The lowest BCUT2D eigenvalue weighted by atomic mass is 10.2. The first kappa shape index (κ1) is 15.7. The van der Waals surface area contributed by atoms with Crippen molar-refractivity contribution in [2.24, 2.45) is 0 Å². The Balaban J connectivity index is 2.13. The number of thiophene rings is 1. The minimum Gasteiger partial charge on any atom is -0.484 e. The molecule has 0 amide bonds. The number of aryl methyl sites for hydroxylation is 2. The molecule has 1 aromatic heterocycles. The number of Topliss-reactive ketones (excluding diaryl/α,β-unsaturated/α-hetero) is 1. The number of hydrogen-bond acceptors (Lipinski definition) is 5. The Bertz CT molecular complexity index is 711. The zero-order valence-electron chi connectivity index (χ0n) is 11.4. The second-order valence-electron chi connectivity index (χ2n) is 4.41. The van der Waals surface area contributed by atoms with Crippen LogP contribution in [-0.4, -0.2) is 17.3 Å². The minimum absolute atomic E-state index is 0.0804. The molecular formula is C14H12BrNO4S. The number of non-ortho nitro benzene ring substituents is 1. The van der Waals surface area contributed by atoms with Gasteiger partial charge >= 0.3 is 0 Å². The maximum atomic E-state index is 12.1. The predicted molar refractivity (Wildman–Crippen MR) is 84.4 cm³/mol. The van der Waals surface area contributed by atoms with Crippen LogP contribution in [0, 0.1) is 24.0 Å². The van der Waals surface area contributed by atoms with Gasteiger partial charge in [0, 0.05) is 21.4 Å². The third-order valence-corrected chi connectivity index (χ3v) is 4.45. The smallest absolute Gasteiger partial charge is 0.273 e. The summed E-state index contributed by atoms with van der Waals surface area (Å²) in [5.74, 6) is 0.136. The summed E-state index contributed by atoms with van der Waals surface area (Å²) >= 11 is 4.80. The standard InChI is InChI=1S/C14H12BrNO4S/c1-8-5-11(9(2)21-8)13(17)7-20-14-6-10(16(18)19)3-4-12(14)15/h3-6H,7H2,1-2H3. The summed E-state index contributed by atoms with van der Waals surface area (Å²) in [6.07, 6.45) is 0. The SMILES string of the molecule is Cc1cc(C(=O)COc2cc([N+](=O)[O-])ccc2Br)c(C)s1. The molecule has 0 radical (unpaired) electrons. The average molecular weight is 370 g/mol. The van der Waals surface area contributed by atoms with Crippen LogP contribution in [0.25, 0.3) is 0 Å². The molecule has 0 unspecified atom stereocenters. The van der Waals surface area contributed by atoms with Gasteiger partial charge in [-0.15, -0.1) is 11.3 Å². The monoisotopic (exact) mass is 369 g/mol. The molecule has 5 nitrogen and oxygen atoms in total. The third kappa shape index (κ3) is 3.68. The summed E-state index contributed by atoms with van der Waals surface area (Å²) in [5, 5.41) is 10.7. The number of halogens is 1. The molecule has 21 heavy (non-hydrogen) atoms. The minimum atomic E-state index is -0.506. The van der Waals surface area contributed by atoms with Gasteiger partial charge < -0.3 is 4.74 Å². The molecule has 1 heterocycles. The third-order valence-electron chi connectivity index (χ3n) is 2.83. The van der Waals surface area contributed by atoms with Crippen molar-refractivity contribution in [2.45, 2.75) is 13.8 Å². The highest BCUT2D eigenvalue weighted by atomic mass is 79.9. The number of carbonyl (C=O) groups is 1. The van der Waals surface area contributed by atoms with Gasteiger partial charge in [-0.25, -0.2) is 0 Å². The molecule has 0 atom stereocenters. The lowest BCUT2D eigenvalue weighted by Gasteiger charge is -2.07. The van der Waals surface area contributed by atoms with Crippen LogP contribution in [0.3, 0.4) is 0 Å². The van der Waals surface area contributed by atoms with E-state index in [0.717, 1.165) is 9.75 Å². The highest BCUT2D eigenvalue weighted by molar-refractivity contribution is 9.10. The number of nitro groups is 1. The summed E-state index contributed by atoms with van der Waals surface area (Å²) in [5.41, 5.74) is 0.558. The van der Waals surface area contributed by atoms with Crippen molar-refractivity contribution in [1.29, 1.82) is 0 Å². The zero-order valence-corrected chi connectivity index (χ0v) is 13.8. The van der Waals surface area contributed by atoms with E-state index in [2.05, 4.69) is 15.9 Å². The van der Waals surface area contributed by atoms with Gasteiger partial charge in [-0.1, -0.05) is 0 Å². The predicted octanol–water partition coefficient (Wildman–Crippen LogP) is 4.30. The summed E-state index contributed by atoms with van der Waals surface area (Å²) in [4.78, 5) is 24.4. The van der Waals surface area contributed by atoms with E-state index in [-0.39, 0.29) is 23.8 Å². The molecule has 0 spiro atoms. The highest BCUT2D eigenvalue weighted by Crippen LogP contribution is 2.29. The van der Waals surface area contributed by atoms with E-state index in [0.29, 0.717) is 10.0 Å². The fourth-order valence-corrected chi connectivity index (χ4v) is 3.15. The Hall–Kier alpha value is -1.73. The van der Waals surface area contributed by atoms with Crippen molar-refractivity contribution in [1.82, 2.24) is 0 Å². The lowest BCUT2D eigenvalue weighted by molar-refractivity contribution is -0.384. The fourth-order valence-electron chi connectivity index (χ4n) is 1.84. The number of carbonyl (C=O) groups excluding carboxylic acids is 1. The van der Waals surface area contributed by atoms with Crippen molar-refractivity contribution < 1.29 is 14.5 Å². The molecular weight excluding hydrogens is 358 g/mol. The zero-order chi connectivity index (χ0) is 15.6. The van der Waals surface area contributed by atoms with Crippen molar-refractivity contribution >= 4 is 38.7 Å². The fraction of sp³-hybridized carbons (Fsp3) is 0.214. The molecule has 0 N–H and O–H groups in total. The van der Waals surface area contributed by atoms with E-state index < -0.39 is 4.92 Å². The second-order valence-corrected chi connectivity index (χ2v) is 6.73. The van der Waals surface area contributed by atoms with Crippen LogP contribution in [-0.2, 0) is 0 Å². The highest BCUT2D eigenvalue weighted by Gasteiger charge is 2.15. The maximum absolute atomic E-state index is 12.1. The lowest BCUT2D eigenvalue weighted by Crippen LogP contribution is -2.12. The molecule has 0 bridgehead atoms. The van der Waals surface area contributed by atoms with Crippen LogP contribution in [0.4, 0.5) is 5.69 Å². The second kappa shape index (κ2) is 6.36. The summed E-state index contributed by atoms with van der Waals surface area (Å²) < 4.78 is 5.98. The normalized spacial score (nSPS) is 10.4. The van der Waals surface area contributed by atoms with Crippen molar-refractivity contribution in [3.63, 3.8) is 0 Å². The number of ether oxygens (including phenoxy) is 1. The summed E-state index contributed by atoms with van der Waals surface area (Å²) in [7, 11) is 0.